The maximum absolute atomic E-state index is 12.5. The van der Waals surface area contributed by atoms with Gasteiger partial charge in [-0.25, -0.2) is 8.42 Å². The Morgan fingerprint density at radius 3 is 2.35 bits per heavy atom. The van der Waals surface area contributed by atoms with E-state index in [1.54, 1.807) is 19.1 Å². The molecular formula is C14H15ClN2O4S2. The van der Waals surface area contributed by atoms with Crippen LogP contribution in [0.15, 0.2) is 36.4 Å². The van der Waals surface area contributed by atoms with Crippen LogP contribution in [-0.4, -0.2) is 24.2 Å². The minimum Gasteiger partial charge on any atom is -0.258 e. The fourth-order valence-electron chi connectivity index (χ4n) is 2.03. The number of hydrogen-bond donors (Lipinski definition) is 0. The van der Waals surface area contributed by atoms with Crippen molar-refractivity contribution < 1.29 is 13.3 Å². The van der Waals surface area contributed by atoms with Gasteiger partial charge in [-0.1, -0.05) is 30.7 Å². The number of hydrogen-bond acceptors (Lipinski definition) is 5. The van der Waals surface area contributed by atoms with Gasteiger partial charge >= 0.3 is 0 Å². The number of nitrogens with zero attached hydrogens (tertiary/aromatic N) is 2. The van der Waals surface area contributed by atoms with Gasteiger partial charge in [-0.15, -0.1) is 11.3 Å². The maximum atomic E-state index is 12.5. The Hall–Kier alpha value is -1.48. The van der Waals surface area contributed by atoms with Gasteiger partial charge in [0.25, 0.3) is 5.69 Å². The molecule has 2 rings (SSSR count). The third-order valence-electron chi connectivity index (χ3n) is 3.20. The van der Waals surface area contributed by atoms with Crippen LogP contribution < -0.4 is 0 Å². The van der Waals surface area contributed by atoms with Crippen LogP contribution in [-0.2, 0) is 22.3 Å². The largest absolute Gasteiger partial charge is 0.269 e. The summed E-state index contributed by atoms with van der Waals surface area (Å²) >= 11 is 7.21. The van der Waals surface area contributed by atoms with Crippen molar-refractivity contribution in [2.24, 2.45) is 0 Å². The van der Waals surface area contributed by atoms with E-state index < -0.39 is 14.9 Å². The van der Waals surface area contributed by atoms with Gasteiger partial charge in [0.05, 0.1) is 15.0 Å². The fourth-order valence-corrected chi connectivity index (χ4v) is 4.74. The SMILES string of the molecule is CCN(Cc1ccc(Cl)s1)S(=O)(=O)Cc1ccc([N+](=O)[O-])cc1. The van der Waals surface area contributed by atoms with Gasteiger partial charge in [-0.05, 0) is 17.7 Å². The zero-order chi connectivity index (χ0) is 17.0. The molecule has 1 aromatic carbocycles. The summed E-state index contributed by atoms with van der Waals surface area (Å²) in [4.78, 5) is 11.0. The first-order chi connectivity index (χ1) is 10.8. The molecule has 2 aromatic rings. The molecule has 1 heterocycles. The number of non-ortho nitro benzene ring substituents is 1. The van der Waals surface area contributed by atoms with Gasteiger partial charge in [0.1, 0.15) is 0 Å². The smallest absolute Gasteiger partial charge is 0.258 e. The number of sulfonamides is 1. The van der Waals surface area contributed by atoms with Gasteiger partial charge in [0.2, 0.25) is 10.0 Å². The van der Waals surface area contributed by atoms with Gasteiger partial charge in [-0.3, -0.25) is 10.1 Å². The van der Waals surface area contributed by atoms with Gasteiger partial charge < -0.3 is 0 Å². The highest BCUT2D eigenvalue weighted by atomic mass is 35.5. The molecule has 0 aliphatic heterocycles. The van der Waals surface area contributed by atoms with Crippen molar-refractivity contribution in [3.05, 3.63) is 61.3 Å². The highest BCUT2D eigenvalue weighted by molar-refractivity contribution is 7.88. The summed E-state index contributed by atoms with van der Waals surface area (Å²) in [6.07, 6.45) is 0. The molecule has 1 aromatic heterocycles. The Bertz CT molecular complexity index is 787. The molecule has 23 heavy (non-hydrogen) atoms. The first-order valence-electron chi connectivity index (χ1n) is 6.77. The summed E-state index contributed by atoms with van der Waals surface area (Å²) in [7, 11) is -3.52. The van der Waals surface area contributed by atoms with Crippen molar-refractivity contribution in [3.63, 3.8) is 0 Å². The predicted octanol–water partition coefficient (Wildman–Crippen LogP) is 3.66. The predicted molar refractivity (Wildman–Crippen MR) is 91.1 cm³/mol. The highest BCUT2D eigenvalue weighted by Gasteiger charge is 2.22. The van der Waals surface area contributed by atoms with E-state index >= 15 is 0 Å². The third-order valence-corrected chi connectivity index (χ3v) is 6.29. The second-order valence-electron chi connectivity index (χ2n) is 4.81. The Morgan fingerprint density at radius 1 is 1.22 bits per heavy atom. The maximum Gasteiger partial charge on any atom is 0.269 e. The molecular weight excluding hydrogens is 360 g/mol. The molecule has 0 N–H and O–H groups in total. The van der Waals surface area contributed by atoms with Crippen LogP contribution in [0.5, 0.6) is 0 Å². The van der Waals surface area contributed by atoms with E-state index in [1.165, 1.54) is 39.9 Å². The van der Waals surface area contributed by atoms with Crippen LogP contribution in [0.4, 0.5) is 5.69 Å². The molecule has 9 heteroatoms. The molecule has 0 unspecified atom stereocenters. The average molecular weight is 375 g/mol. The van der Waals surface area contributed by atoms with E-state index in [2.05, 4.69) is 0 Å². The van der Waals surface area contributed by atoms with Crippen LogP contribution in [0.25, 0.3) is 0 Å². The van der Waals surface area contributed by atoms with Crippen molar-refractivity contribution in [1.29, 1.82) is 0 Å². The van der Waals surface area contributed by atoms with E-state index in [9.17, 15) is 18.5 Å². The monoisotopic (exact) mass is 374 g/mol. The molecule has 6 nitrogen and oxygen atoms in total. The first-order valence-corrected chi connectivity index (χ1v) is 9.57. The zero-order valence-corrected chi connectivity index (χ0v) is 14.7. The first kappa shape index (κ1) is 17.9. The number of nitro groups is 1. The molecule has 0 amide bonds. The lowest BCUT2D eigenvalue weighted by molar-refractivity contribution is -0.384. The van der Waals surface area contributed by atoms with Crippen molar-refractivity contribution in [2.75, 3.05) is 6.54 Å². The van der Waals surface area contributed by atoms with Crippen LogP contribution in [0.1, 0.15) is 17.4 Å². The van der Waals surface area contributed by atoms with Gasteiger partial charge in [0.15, 0.2) is 0 Å². The minimum absolute atomic E-state index is 0.0632. The zero-order valence-electron chi connectivity index (χ0n) is 12.3. The van der Waals surface area contributed by atoms with E-state index in [1.807, 2.05) is 0 Å². The molecule has 124 valence electrons. The Balaban J connectivity index is 2.13. The van der Waals surface area contributed by atoms with Crippen LogP contribution in [0, 0.1) is 10.1 Å². The lowest BCUT2D eigenvalue weighted by atomic mass is 10.2. The molecule has 0 bridgehead atoms. The number of benzene rings is 1. The van der Waals surface area contributed by atoms with Crippen molar-refractivity contribution >= 4 is 38.6 Å². The average Bonchev–Trinajstić information content (AvgIpc) is 2.90. The van der Waals surface area contributed by atoms with Crippen LogP contribution in [0.3, 0.4) is 0 Å². The number of rotatable bonds is 7. The van der Waals surface area contributed by atoms with E-state index in [-0.39, 0.29) is 18.0 Å². The molecule has 0 atom stereocenters. The summed E-state index contributed by atoms with van der Waals surface area (Å²) in [6.45, 7) is 2.37. The fraction of sp³-hybridized carbons (Fsp3) is 0.286. The Morgan fingerprint density at radius 2 is 1.87 bits per heavy atom. The van der Waals surface area contributed by atoms with Gasteiger partial charge in [0, 0.05) is 30.1 Å². The summed E-state index contributed by atoms with van der Waals surface area (Å²) in [5, 5.41) is 10.6. The molecule has 0 radical (unpaired) electrons. The topological polar surface area (TPSA) is 80.5 Å². The van der Waals surface area contributed by atoms with Crippen LogP contribution in [0.2, 0.25) is 4.34 Å². The van der Waals surface area contributed by atoms with Gasteiger partial charge in [-0.2, -0.15) is 4.31 Å². The van der Waals surface area contributed by atoms with Crippen molar-refractivity contribution in [1.82, 2.24) is 4.31 Å². The molecule has 0 aliphatic rings. The Kier molecular flexibility index (Phi) is 5.74. The number of nitro benzene ring substituents is 1. The lowest BCUT2D eigenvalue weighted by Crippen LogP contribution is -2.31. The van der Waals surface area contributed by atoms with E-state index in [0.29, 0.717) is 16.4 Å². The van der Waals surface area contributed by atoms with E-state index in [0.717, 1.165) is 4.88 Å². The second-order valence-corrected chi connectivity index (χ2v) is 8.58. The quantitative estimate of drug-likeness (QED) is 0.547. The minimum atomic E-state index is -3.52. The highest BCUT2D eigenvalue weighted by Crippen LogP contribution is 2.24. The van der Waals surface area contributed by atoms with Crippen molar-refractivity contribution in [2.45, 2.75) is 19.2 Å². The standard InChI is InChI=1S/C14H15ClN2O4S2/c1-2-16(9-13-7-8-14(15)22-13)23(20,21)10-11-3-5-12(6-4-11)17(18)19/h3-8H,2,9-10H2,1H3. The number of thiophene rings is 1. The summed E-state index contributed by atoms with van der Waals surface area (Å²) in [5.74, 6) is -0.196. The molecule has 0 fully saturated rings. The molecule has 0 saturated carbocycles. The normalized spacial score (nSPS) is 11.8. The van der Waals surface area contributed by atoms with Crippen LogP contribution >= 0.6 is 22.9 Å². The third kappa shape index (κ3) is 4.74. The molecule has 0 saturated heterocycles. The van der Waals surface area contributed by atoms with E-state index in [4.69, 9.17) is 11.6 Å². The summed E-state index contributed by atoms with van der Waals surface area (Å²) < 4.78 is 27.0. The molecule has 0 aliphatic carbocycles. The summed E-state index contributed by atoms with van der Waals surface area (Å²) in [6, 6.07) is 9.08. The van der Waals surface area contributed by atoms with Crippen molar-refractivity contribution in [3.8, 4) is 0 Å². The summed E-state index contributed by atoms with van der Waals surface area (Å²) in [5.41, 5.74) is 0.449. The number of halogens is 1. The molecule has 0 spiro atoms. The Labute approximate surface area is 143 Å². The second kappa shape index (κ2) is 7.39. The lowest BCUT2D eigenvalue weighted by Gasteiger charge is -2.19.